The molecule has 2 heterocycles. The smallest absolute Gasteiger partial charge is 0.428 e. The lowest BCUT2D eigenvalue weighted by molar-refractivity contribution is -0.238. The largest absolute Gasteiger partial charge is 0.459 e. The number of nitrogens with zero attached hydrogens (tertiary/aromatic N) is 3. The molecule has 6 nitrogen and oxygen atoms in total. The monoisotopic (exact) mass is 463 g/mol. The number of fused-ring (bicyclic) bond motifs is 1. The molecule has 1 saturated heterocycles. The molecule has 1 aliphatic rings. The van der Waals surface area contributed by atoms with Gasteiger partial charge in [-0.25, -0.2) is 19.2 Å². The van der Waals surface area contributed by atoms with Crippen molar-refractivity contribution >= 4 is 28.7 Å². The van der Waals surface area contributed by atoms with Crippen molar-refractivity contribution in [3.8, 4) is 5.88 Å². The maximum Gasteiger partial charge on any atom is 0.428 e. The summed E-state index contributed by atoms with van der Waals surface area (Å²) >= 11 is 5.95. The van der Waals surface area contributed by atoms with Crippen molar-refractivity contribution in [1.29, 1.82) is 0 Å². The average Bonchev–Trinajstić information content (AvgIpc) is 2.64. The Morgan fingerprint density at radius 1 is 1.13 bits per heavy atom. The van der Waals surface area contributed by atoms with Gasteiger partial charge in [0.25, 0.3) is 5.88 Å². The normalized spacial score (nSPS) is 18.0. The van der Waals surface area contributed by atoms with Crippen LogP contribution in [0.5, 0.6) is 5.88 Å². The Balaban J connectivity index is 1.81. The van der Waals surface area contributed by atoms with Crippen LogP contribution in [-0.2, 0) is 4.74 Å². The fraction of sp³-hybridized carbons (Fsp3) is 0.550. The van der Waals surface area contributed by atoms with Gasteiger partial charge < -0.3 is 14.4 Å². The number of halogens is 5. The van der Waals surface area contributed by atoms with Crippen LogP contribution in [0.4, 0.5) is 22.4 Å². The van der Waals surface area contributed by atoms with Gasteiger partial charge in [-0.15, -0.1) is 0 Å². The van der Waals surface area contributed by atoms with Gasteiger partial charge in [0.1, 0.15) is 5.60 Å². The van der Waals surface area contributed by atoms with E-state index in [-0.39, 0.29) is 18.6 Å². The first kappa shape index (κ1) is 23.3. The van der Waals surface area contributed by atoms with E-state index < -0.39 is 53.5 Å². The number of piperidine rings is 1. The van der Waals surface area contributed by atoms with E-state index in [0.29, 0.717) is 5.52 Å². The molecule has 3 rings (SSSR count). The van der Waals surface area contributed by atoms with Crippen molar-refractivity contribution in [2.24, 2.45) is 0 Å². The molecule has 2 aromatic rings. The zero-order valence-electron chi connectivity index (χ0n) is 17.2. The van der Waals surface area contributed by atoms with Crippen LogP contribution in [-0.4, -0.2) is 57.6 Å². The number of aromatic nitrogens is 2. The van der Waals surface area contributed by atoms with E-state index in [1.165, 1.54) is 11.0 Å². The van der Waals surface area contributed by atoms with Gasteiger partial charge in [0.15, 0.2) is 10.8 Å². The minimum absolute atomic E-state index is 0.252. The number of carbonyl (C=O) groups excluding carboxylic acids is 1. The molecule has 31 heavy (non-hydrogen) atoms. The van der Waals surface area contributed by atoms with E-state index in [1.54, 1.807) is 39.0 Å². The molecule has 0 spiro atoms. The number of amides is 1. The van der Waals surface area contributed by atoms with Crippen LogP contribution in [0, 0.1) is 0 Å². The lowest BCUT2D eigenvalue weighted by Gasteiger charge is -2.41. The van der Waals surface area contributed by atoms with Gasteiger partial charge in [-0.05, 0) is 32.9 Å². The molecule has 1 fully saturated rings. The Kier molecular flexibility index (Phi) is 6.23. The van der Waals surface area contributed by atoms with E-state index in [1.807, 2.05) is 0 Å². The predicted octanol–water partition coefficient (Wildman–Crippen LogP) is 5.33. The maximum atomic E-state index is 15.5. The van der Waals surface area contributed by atoms with E-state index >= 15 is 4.39 Å². The molecule has 0 bridgehead atoms. The summed E-state index contributed by atoms with van der Waals surface area (Å²) in [6, 6.07) is 6.40. The molecular weight excluding hydrogens is 442 g/mol. The van der Waals surface area contributed by atoms with Gasteiger partial charge in [0.05, 0.1) is 11.0 Å². The summed E-state index contributed by atoms with van der Waals surface area (Å²) in [5.41, 5.74) is -2.93. The molecule has 1 unspecified atom stereocenters. The summed E-state index contributed by atoms with van der Waals surface area (Å²) in [6.45, 7) is 4.49. The Morgan fingerprint density at radius 2 is 1.68 bits per heavy atom. The summed E-state index contributed by atoms with van der Waals surface area (Å²) in [7, 11) is 0. The number of likely N-dealkylation sites (tertiary alicyclic amines) is 1. The number of para-hydroxylation sites is 2. The van der Waals surface area contributed by atoms with Crippen LogP contribution in [0.3, 0.4) is 0 Å². The van der Waals surface area contributed by atoms with Crippen molar-refractivity contribution in [1.82, 2.24) is 14.9 Å². The lowest BCUT2D eigenvalue weighted by Crippen LogP contribution is -2.57. The first-order chi connectivity index (χ1) is 14.3. The zero-order chi connectivity index (χ0) is 23.0. The quantitative estimate of drug-likeness (QED) is 0.575. The highest BCUT2D eigenvalue weighted by atomic mass is 35.5. The average molecular weight is 464 g/mol. The number of rotatable bonds is 3. The molecular formula is C20H22ClF4N3O3. The molecule has 0 saturated carbocycles. The van der Waals surface area contributed by atoms with E-state index in [4.69, 9.17) is 21.1 Å². The fourth-order valence-corrected chi connectivity index (χ4v) is 3.44. The predicted molar refractivity (Wildman–Crippen MR) is 106 cm³/mol. The second-order valence-electron chi connectivity index (χ2n) is 8.35. The molecule has 0 radical (unpaired) electrons. The molecule has 170 valence electrons. The van der Waals surface area contributed by atoms with Gasteiger partial charge >= 0.3 is 12.3 Å². The molecule has 0 aliphatic carbocycles. The summed E-state index contributed by atoms with van der Waals surface area (Å²) in [5.74, 6) is -0.603. The minimum atomic E-state index is -5.04. The van der Waals surface area contributed by atoms with Gasteiger partial charge in [0.2, 0.25) is 6.10 Å². The number of benzene rings is 1. The Morgan fingerprint density at radius 3 is 2.19 bits per heavy atom. The first-order valence-electron chi connectivity index (χ1n) is 9.61. The van der Waals surface area contributed by atoms with Crippen LogP contribution in [0.15, 0.2) is 24.3 Å². The second-order valence-corrected chi connectivity index (χ2v) is 8.71. The SMILES string of the molecule is CC(C)(C)OC(=O)N1CCC(F)(C(Oc2nc3ccccc3nc2Cl)C(F)(F)F)CC1. The lowest BCUT2D eigenvalue weighted by atomic mass is 9.87. The van der Waals surface area contributed by atoms with E-state index in [0.717, 1.165) is 0 Å². The molecule has 11 heteroatoms. The van der Waals surface area contributed by atoms with Crippen molar-refractivity contribution in [2.75, 3.05) is 13.1 Å². The number of hydrogen-bond donors (Lipinski definition) is 0. The fourth-order valence-electron chi connectivity index (χ4n) is 3.26. The summed E-state index contributed by atoms with van der Waals surface area (Å²) in [4.78, 5) is 21.3. The molecule has 1 atom stereocenters. The number of alkyl halides is 4. The van der Waals surface area contributed by atoms with Crippen LogP contribution < -0.4 is 4.74 Å². The van der Waals surface area contributed by atoms with E-state index in [9.17, 15) is 18.0 Å². The maximum absolute atomic E-state index is 15.5. The van der Waals surface area contributed by atoms with Gasteiger partial charge in [0, 0.05) is 25.9 Å². The Labute approximate surface area is 181 Å². The van der Waals surface area contributed by atoms with Crippen molar-refractivity contribution in [2.45, 2.75) is 57.2 Å². The van der Waals surface area contributed by atoms with Crippen molar-refractivity contribution in [3.63, 3.8) is 0 Å². The first-order valence-corrected chi connectivity index (χ1v) is 9.99. The number of hydrogen-bond acceptors (Lipinski definition) is 5. The zero-order valence-corrected chi connectivity index (χ0v) is 17.9. The van der Waals surface area contributed by atoms with Crippen LogP contribution in [0.1, 0.15) is 33.6 Å². The third kappa shape index (κ3) is 5.47. The van der Waals surface area contributed by atoms with E-state index in [2.05, 4.69) is 9.97 Å². The van der Waals surface area contributed by atoms with Crippen molar-refractivity contribution < 1.29 is 31.8 Å². The molecule has 1 aromatic heterocycles. The topological polar surface area (TPSA) is 64.5 Å². The molecule has 1 aliphatic heterocycles. The summed E-state index contributed by atoms with van der Waals surface area (Å²) in [6.07, 6.45) is -9.75. The highest BCUT2D eigenvalue weighted by Crippen LogP contribution is 2.41. The van der Waals surface area contributed by atoms with Gasteiger partial charge in [-0.2, -0.15) is 13.2 Å². The third-order valence-corrected chi connectivity index (χ3v) is 4.99. The summed E-state index contributed by atoms with van der Waals surface area (Å²) in [5, 5.41) is -0.400. The van der Waals surface area contributed by atoms with Crippen LogP contribution in [0.2, 0.25) is 5.15 Å². The third-order valence-electron chi connectivity index (χ3n) is 4.74. The van der Waals surface area contributed by atoms with Gasteiger partial charge in [-0.1, -0.05) is 23.7 Å². The number of ether oxygens (including phenoxy) is 2. The van der Waals surface area contributed by atoms with Gasteiger partial charge in [-0.3, -0.25) is 0 Å². The molecule has 1 amide bonds. The second kappa shape index (κ2) is 8.29. The molecule has 1 aromatic carbocycles. The highest BCUT2D eigenvalue weighted by Gasteiger charge is 2.58. The van der Waals surface area contributed by atoms with Crippen LogP contribution in [0.25, 0.3) is 11.0 Å². The molecule has 0 N–H and O–H groups in total. The van der Waals surface area contributed by atoms with Crippen molar-refractivity contribution in [3.05, 3.63) is 29.4 Å². The summed E-state index contributed by atoms with van der Waals surface area (Å²) < 4.78 is 67.1. The number of carbonyl (C=O) groups is 1. The standard InChI is InChI=1S/C20H22ClF4N3O3/c1-18(2,3)31-17(29)28-10-8-19(22,9-11-28)16(20(23,24)25)30-15-14(21)26-12-6-4-5-7-13(12)27-15/h4-7,16H,8-11H2,1-3H3. The Bertz CT molecular complexity index is 957. The minimum Gasteiger partial charge on any atom is -0.459 e. The highest BCUT2D eigenvalue weighted by molar-refractivity contribution is 6.31. The van der Waals surface area contributed by atoms with Crippen LogP contribution >= 0.6 is 11.6 Å². The Hall–Kier alpha value is -2.36.